The molecule has 1 atom stereocenters. The molecule has 2 amide bonds. The van der Waals surface area contributed by atoms with Gasteiger partial charge in [0, 0.05) is 31.9 Å². The van der Waals surface area contributed by atoms with E-state index >= 15 is 0 Å². The molecule has 5 nitrogen and oxygen atoms in total. The Bertz CT molecular complexity index is 886. The number of hydrogen-bond acceptors (Lipinski definition) is 3. The minimum absolute atomic E-state index is 0.277. The zero-order valence-corrected chi connectivity index (χ0v) is 17.7. The first-order chi connectivity index (χ1) is 14.5. The predicted molar refractivity (Wildman–Crippen MR) is 116 cm³/mol. The number of likely N-dealkylation sites (N-methyl/N-ethyl adjacent to an activating group) is 1. The number of carbonyl (C=O) groups is 2. The standard InChI is InChI=1S/C24H30FN3O2/c1-3-28(22-12-6-11-21(25)14-22)24(30)23(29)26-15-19-9-4-5-10-20(19)17-27-13-7-8-18(2)16-27/h4-6,9-12,14,18H,3,7-8,13,15-17H2,1-2H3,(H,26,29). The highest BCUT2D eigenvalue weighted by Crippen LogP contribution is 2.20. The molecule has 0 aliphatic carbocycles. The SMILES string of the molecule is CCN(C(=O)C(=O)NCc1ccccc1CN1CCCC(C)C1)c1cccc(F)c1. The molecule has 0 bridgehead atoms. The van der Waals surface area contributed by atoms with Gasteiger partial charge in [0.15, 0.2) is 0 Å². The van der Waals surface area contributed by atoms with E-state index in [9.17, 15) is 14.0 Å². The number of anilines is 1. The zero-order chi connectivity index (χ0) is 21.5. The summed E-state index contributed by atoms with van der Waals surface area (Å²) in [5.41, 5.74) is 2.54. The van der Waals surface area contributed by atoms with Crippen LogP contribution in [0.5, 0.6) is 0 Å². The normalized spacial score (nSPS) is 16.8. The molecule has 0 radical (unpaired) electrons. The summed E-state index contributed by atoms with van der Waals surface area (Å²) in [5.74, 6) is -1.13. The van der Waals surface area contributed by atoms with Gasteiger partial charge in [0.2, 0.25) is 0 Å². The van der Waals surface area contributed by atoms with Gasteiger partial charge in [-0.05, 0) is 61.6 Å². The van der Waals surface area contributed by atoms with Crippen LogP contribution in [-0.2, 0) is 22.7 Å². The van der Waals surface area contributed by atoms with Crippen molar-refractivity contribution >= 4 is 17.5 Å². The molecular formula is C24H30FN3O2. The summed E-state index contributed by atoms with van der Waals surface area (Å²) in [7, 11) is 0. The summed E-state index contributed by atoms with van der Waals surface area (Å²) in [6.07, 6.45) is 2.48. The van der Waals surface area contributed by atoms with E-state index in [0.717, 1.165) is 30.8 Å². The van der Waals surface area contributed by atoms with Crippen molar-refractivity contribution in [2.24, 2.45) is 5.92 Å². The summed E-state index contributed by atoms with van der Waals surface area (Å²) in [6, 6.07) is 13.7. The number of piperidine rings is 1. The van der Waals surface area contributed by atoms with Crippen LogP contribution in [0.3, 0.4) is 0 Å². The fourth-order valence-electron chi connectivity index (χ4n) is 4.02. The lowest BCUT2D eigenvalue weighted by molar-refractivity contribution is -0.137. The van der Waals surface area contributed by atoms with Gasteiger partial charge < -0.3 is 10.2 Å². The molecule has 2 aromatic rings. The Balaban J connectivity index is 1.63. The largest absolute Gasteiger partial charge is 0.344 e. The van der Waals surface area contributed by atoms with Gasteiger partial charge in [-0.25, -0.2) is 4.39 Å². The third kappa shape index (κ3) is 5.66. The van der Waals surface area contributed by atoms with E-state index in [4.69, 9.17) is 0 Å². The van der Waals surface area contributed by atoms with Crippen LogP contribution in [0.2, 0.25) is 0 Å². The van der Waals surface area contributed by atoms with Gasteiger partial charge >= 0.3 is 11.8 Å². The molecular weight excluding hydrogens is 381 g/mol. The van der Waals surface area contributed by atoms with Crippen molar-refractivity contribution in [2.75, 3.05) is 24.5 Å². The third-order valence-corrected chi connectivity index (χ3v) is 5.57. The van der Waals surface area contributed by atoms with Gasteiger partial charge in [-0.15, -0.1) is 0 Å². The summed E-state index contributed by atoms with van der Waals surface area (Å²) < 4.78 is 13.5. The van der Waals surface area contributed by atoms with Gasteiger partial charge in [0.25, 0.3) is 0 Å². The Kier molecular flexibility index (Phi) is 7.57. The maximum atomic E-state index is 13.5. The number of halogens is 1. The van der Waals surface area contributed by atoms with Crippen molar-refractivity contribution in [1.29, 1.82) is 0 Å². The number of nitrogens with zero attached hydrogens (tertiary/aromatic N) is 2. The van der Waals surface area contributed by atoms with Gasteiger partial charge in [-0.1, -0.05) is 37.3 Å². The van der Waals surface area contributed by atoms with Crippen LogP contribution in [0.25, 0.3) is 0 Å². The van der Waals surface area contributed by atoms with Crippen molar-refractivity contribution in [1.82, 2.24) is 10.2 Å². The van der Waals surface area contributed by atoms with Crippen molar-refractivity contribution in [3.63, 3.8) is 0 Å². The molecule has 1 heterocycles. The predicted octanol–water partition coefficient (Wildman–Crippen LogP) is 3.73. The Morgan fingerprint density at radius 1 is 1.17 bits per heavy atom. The summed E-state index contributed by atoms with van der Waals surface area (Å²) in [6.45, 7) is 7.60. The molecule has 1 N–H and O–H groups in total. The lowest BCUT2D eigenvalue weighted by atomic mass is 9.99. The molecule has 2 aromatic carbocycles. The number of hydrogen-bond donors (Lipinski definition) is 1. The highest BCUT2D eigenvalue weighted by Gasteiger charge is 2.23. The molecule has 1 aliphatic rings. The Labute approximate surface area is 177 Å². The number of likely N-dealkylation sites (tertiary alicyclic amines) is 1. The lowest BCUT2D eigenvalue weighted by Gasteiger charge is -2.31. The van der Waals surface area contributed by atoms with Crippen molar-refractivity contribution in [3.05, 3.63) is 65.5 Å². The van der Waals surface area contributed by atoms with Gasteiger partial charge in [-0.3, -0.25) is 14.5 Å². The quantitative estimate of drug-likeness (QED) is 0.737. The second-order valence-corrected chi connectivity index (χ2v) is 7.96. The smallest absolute Gasteiger partial charge is 0.316 e. The summed E-state index contributed by atoms with van der Waals surface area (Å²) >= 11 is 0. The first-order valence-electron chi connectivity index (χ1n) is 10.6. The van der Waals surface area contributed by atoms with E-state index in [0.29, 0.717) is 11.6 Å². The minimum Gasteiger partial charge on any atom is -0.344 e. The minimum atomic E-state index is -0.692. The molecule has 1 fully saturated rings. The fourth-order valence-corrected chi connectivity index (χ4v) is 4.02. The van der Waals surface area contributed by atoms with Crippen LogP contribution >= 0.6 is 0 Å². The number of amides is 2. The molecule has 3 rings (SSSR count). The van der Waals surface area contributed by atoms with Crippen LogP contribution in [0.15, 0.2) is 48.5 Å². The Morgan fingerprint density at radius 2 is 1.93 bits per heavy atom. The molecule has 0 saturated carbocycles. The molecule has 0 spiro atoms. The molecule has 30 heavy (non-hydrogen) atoms. The Morgan fingerprint density at radius 3 is 2.63 bits per heavy atom. The van der Waals surface area contributed by atoms with E-state index in [1.807, 2.05) is 18.2 Å². The second-order valence-electron chi connectivity index (χ2n) is 7.96. The van der Waals surface area contributed by atoms with E-state index < -0.39 is 17.6 Å². The number of carbonyl (C=O) groups excluding carboxylic acids is 2. The van der Waals surface area contributed by atoms with Crippen molar-refractivity contribution < 1.29 is 14.0 Å². The molecule has 160 valence electrons. The molecule has 0 aromatic heterocycles. The van der Waals surface area contributed by atoms with Gasteiger partial charge in [-0.2, -0.15) is 0 Å². The molecule has 1 aliphatic heterocycles. The third-order valence-electron chi connectivity index (χ3n) is 5.57. The number of rotatable bonds is 6. The average Bonchev–Trinajstić information content (AvgIpc) is 2.73. The molecule has 6 heteroatoms. The van der Waals surface area contributed by atoms with E-state index in [2.05, 4.69) is 23.2 Å². The molecule has 1 saturated heterocycles. The monoisotopic (exact) mass is 411 g/mol. The highest BCUT2D eigenvalue weighted by molar-refractivity contribution is 6.40. The van der Waals surface area contributed by atoms with Crippen molar-refractivity contribution in [3.8, 4) is 0 Å². The fraction of sp³-hybridized carbons (Fsp3) is 0.417. The zero-order valence-electron chi connectivity index (χ0n) is 17.7. The van der Waals surface area contributed by atoms with E-state index in [1.165, 1.54) is 35.9 Å². The lowest BCUT2D eigenvalue weighted by Crippen LogP contribution is -2.43. The summed E-state index contributed by atoms with van der Waals surface area (Å²) in [4.78, 5) is 28.9. The maximum absolute atomic E-state index is 13.5. The van der Waals surface area contributed by atoms with Crippen LogP contribution < -0.4 is 10.2 Å². The first kappa shape index (κ1) is 22.0. The average molecular weight is 412 g/mol. The van der Waals surface area contributed by atoms with Crippen LogP contribution in [-0.4, -0.2) is 36.3 Å². The first-order valence-corrected chi connectivity index (χ1v) is 10.6. The summed E-state index contributed by atoms with van der Waals surface area (Å²) in [5, 5.41) is 2.74. The van der Waals surface area contributed by atoms with Crippen LogP contribution in [0.1, 0.15) is 37.8 Å². The van der Waals surface area contributed by atoms with E-state index in [-0.39, 0.29) is 13.1 Å². The maximum Gasteiger partial charge on any atom is 0.316 e. The molecule has 1 unspecified atom stereocenters. The van der Waals surface area contributed by atoms with Crippen LogP contribution in [0, 0.1) is 11.7 Å². The highest BCUT2D eigenvalue weighted by atomic mass is 19.1. The van der Waals surface area contributed by atoms with Crippen LogP contribution in [0.4, 0.5) is 10.1 Å². The second kappa shape index (κ2) is 10.3. The van der Waals surface area contributed by atoms with Crippen molar-refractivity contribution in [2.45, 2.75) is 39.8 Å². The topological polar surface area (TPSA) is 52.7 Å². The number of benzene rings is 2. The van der Waals surface area contributed by atoms with Gasteiger partial charge in [0.1, 0.15) is 5.82 Å². The Hall–Kier alpha value is -2.73. The number of nitrogens with one attached hydrogen (secondary N) is 1. The van der Waals surface area contributed by atoms with Gasteiger partial charge in [0.05, 0.1) is 0 Å². The van der Waals surface area contributed by atoms with E-state index in [1.54, 1.807) is 13.0 Å².